The van der Waals surface area contributed by atoms with Crippen LogP contribution < -0.4 is 0 Å². The zero-order valence-corrected chi connectivity index (χ0v) is 15.2. The van der Waals surface area contributed by atoms with Gasteiger partial charge in [0.05, 0.1) is 6.04 Å². The van der Waals surface area contributed by atoms with Crippen molar-refractivity contribution in [2.75, 3.05) is 38.7 Å². The Morgan fingerprint density at radius 3 is 2.58 bits per heavy atom. The molecule has 1 aliphatic heterocycles. The molecule has 0 bridgehead atoms. The molecule has 1 fully saturated rings. The van der Waals surface area contributed by atoms with E-state index in [-0.39, 0.29) is 11.9 Å². The molecule has 2 heterocycles. The first kappa shape index (κ1) is 17.1. The maximum atomic E-state index is 13.0. The average molecular weight is 343 g/mol. The topological polar surface area (TPSA) is 28.5 Å². The van der Waals surface area contributed by atoms with Crippen LogP contribution in [0, 0.1) is 0 Å². The molecule has 2 aromatic rings. The van der Waals surface area contributed by atoms with E-state index < -0.39 is 0 Å². The molecule has 1 aliphatic rings. The molecule has 24 heavy (non-hydrogen) atoms. The number of likely N-dealkylation sites (N-methyl/N-ethyl adjacent to an activating group) is 1. The van der Waals surface area contributed by atoms with E-state index in [0.717, 1.165) is 42.3 Å². The highest BCUT2D eigenvalue weighted by atomic mass is 32.2. The number of carbonyl (C=O) groups is 1. The van der Waals surface area contributed by atoms with Crippen molar-refractivity contribution in [2.24, 2.45) is 0 Å². The van der Waals surface area contributed by atoms with Gasteiger partial charge in [0.15, 0.2) is 0 Å². The molecule has 1 aromatic carbocycles. The van der Waals surface area contributed by atoms with Gasteiger partial charge in [-0.05, 0) is 62.7 Å². The van der Waals surface area contributed by atoms with Crippen molar-refractivity contribution < 1.29 is 4.79 Å². The molecule has 128 valence electrons. The molecule has 0 N–H and O–H groups in total. The van der Waals surface area contributed by atoms with Gasteiger partial charge in [0, 0.05) is 42.5 Å². The van der Waals surface area contributed by atoms with Crippen LogP contribution in [0.1, 0.15) is 16.8 Å². The molecule has 0 spiro atoms. The summed E-state index contributed by atoms with van der Waals surface area (Å²) < 4.78 is 2.05. The largest absolute Gasteiger partial charge is 0.334 e. The average Bonchev–Trinajstić information content (AvgIpc) is 3.02. The van der Waals surface area contributed by atoms with Gasteiger partial charge in [-0.25, -0.2) is 0 Å². The molecular formula is C19H25N3OS. The highest BCUT2D eigenvalue weighted by molar-refractivity contribution is 7.99. The van der Waals surface area contributed by atoms with Crippen molar-refractivity contribution in [2.45, 2.75) is 12.5 Å². The minimum atomic E-state index is 0.156. The first-order valence-electron chi connectivity index (χ1n) is 8.42. The van der Waals surface area contributed by atoms with Gasteiger partial charge in [-0.3, -0.25) is 4.79 Å². The second-order valence-corrected chi connectivity index (χ2v) is 7.63. The SMILES string of the molecule is CN(C)C[C@@H]1CSCCCN1C(=O)c1ccc(-n2cccc2)cc1. The predicted molar refractivity (Wildman–Crippen MR) is 101 cm³/mol. The number of amides is 1. The molecule has 0 unspecified atom stereocenters. The first-order chi connectivity index (χ1) is 11.6. The molecule has 0 radical (unpaired) electrons. The standard InChI is InChI=1S/C19H25N3OS/c1-20(2)14-18-15-24-13-5-12-22(18)19(23)16-6-8-17(9-7-16)21-10-3-4-11-21/h3-4,6-11,18H,5,12-15H2,1-2H3/t18-/m1/s1. The van der Waals surface area contributed by atoms with E-state index in [1.54, 1.807) is 0 Å². The smallest absolute Gasteiger partial charge is 0.254 e. The van der Waals surface area contributed by atoms with Crippen molar-refractivity contribution in [3.63, 3.8) is 0 Å². The van der Waals surface area contributed by atoms with Crippen LogP contribution in [0.25, 0.3) is 5.69 Å². The molecule has 5 heteroatoms. The fraction of sp³-hybridized carbons (Fsp3) is 0.421. The number of aromatic nitrogens is 1. The Balaban J connectivity index is 1.78. The number of nitrogens with zero attached hydrogens (tertiary/aromatic N) is 3. The summed E-state index contributed by atoms with van der Waals surface area (Å²) in [6, 6.07) is 12.2. The molecule has 0 saturated carbocycles. The zero-order chi connectivity index (χ0) is 16.9. The predicted octanol–water partition coefficient (Wildman–Crippen LogP) is 2.99. The van der Waals surface area contributed by atoms with Crippen molar-refractivity contribution >= 4 is 17.7 Å². The number of carbonyl (C=O) groups excluding carboxylic acids is 1. The summed E-state index contributed by atoms with van der Waals surface area (Å²) >= 11 is 1.96. The molecule has 1 atom stereocenters. The third-order valence-corrected chi connectivity index (χ3v) is 5.49. The van der Waals surface area contributed by atoms with Crippen LogP contribution in [0.15, 0.2) is 48.8 Å². The maximum absolute atomic E-state index is 13.0. The van der Waals surface area contributed by atoms with Gasteiger partial charge >= 0.3 is 0 Å². The van der Waals surface area contributed by atoms with Crippen molar-refractivity contribution in [3.05, 3.63) is 54.4 Å². The fourth-order valence-electron chi connectivity index (χ4n) is 3.12. The second-order valence-electron chi connectivity index (χ2n) is 6.48. The van der Waals surface area contributed by atoms with Crippen molar-refractivity contribution in [1.82, 2.24) is 14.4 Å². The number of rotatable bonds is 4. The Hall–Kier alpha value is -1.72. The zero-order valence-electron chi connectivity index (χ0n) is 14.4. The van der Waals surface area contributed by atoms with E-state index >= 15 is 0 Å². The summed E-state index contributed by atoms with van der Waals surface area (Å²) in [5, 5.41) is 0. The van der Waals surface area contributed by atoms with Gasteiger partial charge in [0.2, 0.25) is 0 Å². The molecule has 0 aliphatic carbocycles. The highest BCUT2D eigenvalue weighted by Gasteiger charge is 2.26. The lowest BCUT2D eigenvalue weighted by Crippen LogP contribution is -2.46. The summed E-state index contributed by atoms with van der Waals surface area (Å²) in [5.41, 5.74) is 1.86. The van der Waals surface area contributed by atoms with Crippen LogP contribution in [0.4, 0.5) is 0 Å². The summed E-state index contributed by atoms with van der Waals surface area (Å²) in [7, 11) is 4.15. The maximum Gasteiger partial charge on any atom is 0.254 e. The molecule has 1 amide bonds. The first-order valence-corrected chi connectivity index (χ1v) is 9.57. The number of hydrogen-bond donors (Lipinski definition) is 0. The van der Waals surface area contributed by atoms with E-state index in [1.807, 2.05) is 65.1 Å². The van der Waals surface area contributed by atoms with Gasteiger partial charge in [-0.1, -0.05) is 0 Å². The second kappa shape index (κ2) is 7.90. The number of thioether (sulfide) groups is 1. The minimum Gasteiger partial charge on any atom is -0.334 e. The Morgan fingerprint density at radius 1 is 1.21 bits per heavy atom. The van der Waals surface area contributed by atoms with E-state index in [9.17, 15) is 4.79 Å². The van der Waals surface area contributed by atoms with Crippen LogP contribution in [-0.4, -0.2) is 65.0 Å². The third-order valence-electron chi connectivity index (χ3n) is 4.29. The highest BCUT2D eigenvalue weighted by Crippen LogP contribution is 2.20. The van der Waals surface area contributed by atoms with E-state index in [2.05, 4.69) is 23.9 Å². The lowest BCUT2D eigenvalue weighted by molar-refractivity contribution is 0.0675. The van der Waals surface area contributed by atoms with Crippen molar-refractivity contribution in [3.8, 4) is 5.69 Å². The van der Waals surface area contributed by atoms with Crippen LogP contribution in [0.2, 0.25) is 0 Å². The summed E-state index contributed by atoms with van der Waals surface area (Å²) in [6.45, 7) is 1.77. The Kier molecular flexibility index (Phi) is 5.63. The van der Waals surface area contributed by atoms with Gasteiger partial charge in [-0.15, -0.1) is 0 Å². The van der Waals surface area contributed by atoms with Crippen LogP contribution >= 0.6 is 11.8 Å². The summed E-state index contributed by atoms with van der Waals surface area (Å²) in [4.78, 5) is 17.3. The molecule has 4 nitrogen and oxygen atoms in total. The lowest BCUT2D eigenvalue weighted by Gasteiger charge is -2.31. The third kappa shape index (κ3) is 4.02. The molecule has 1 saturated heterocycles. The number of hydrogen-bond acceptors (Lipinski definition) is 3. The Bertz CT molecular complexity index is 652. The van der Waals surface area contributed by atoms with Crippen LogP contribution in [-0.2, 0) is 0 Å². The van der Waals surface area contributed by atoms with Gasteiger partial charge < -0.3 is 14.4 Å². The Morgan fingerprint density at radius 2 is 1.92 bits per heavy atom. The summed E-state index contributed by atoms with van der Waals surface area (Å²) in [6.07, 6.45) is 5.09. The molecule has 1 aromatic heterocycles. The van der Waals surface area contributed by atoms with E-state index in [4.69, 9.17) is 0 Å². The van der Waals surface area contributed by atoms with E-state index in [1.165, 1.54) is 0 Å². The van der Waals surface area contributed by atoms with Crippen molar-refractivity contribution in [1.29, 1.82) is 0 Å². The Labute approximate surface area is 148 Å². The lowest BCUT2D eigenvalue weighted by atomic mass is 10.1. The summed E-state index contributed by atoms with van der Waals surface area (Å²) in [5.74, 6) is 2.31. The minimum absolute atomic E-state index is 0.156. The van der Waals surface area contributed by atoms with Gasteiger partial charge in [0.1, 0.15) is 0 Å². The molecular weight excluding hydrogens is 318 g/mol. The normalized spacial score (nSPS) is 18.6. The van der Waals surface area contributed by atoms with Gasteiger partial charge in [0.25, 0.3) is 5.91 Å². The number of benzene rings is 1. The van der Waals surface area contributed by atoms with E-state index in [0.29, 0.717) is 0 Å². The van der Waals surface area contributed by atoms with Gasteiger partial charge in [-0.2, -0.15) is 11.8 Å². The quantitative estimate of drug-likeness (QED) is 0.854. The molecule has 3 rings (SSSR count). The monoisotopic (exact) mass is 343 g/mol. The van der Waals surface area contributed by atoms with Crippen LogP contribution in [0.5, 0.6) is 0 Å². The van der Waals surface area contributed by atoms with Crippen LogP contribution in [0.3, 0.4) is 0 Å². The fourth-order valence-corrected chi connectivity index (χ4v) is 4.17.